The lowest BCUT2D eigenvalue weighted by atomic mass is 10.2. The van der Waals surface area contributed by atoms with Crippen molar-refractivity contribution >= 4 is 22.6 Å². The molecule has 1 atom stereocenters. The number of anilines is 2. The Kier molecular flexibility index (Phi) is 2.67. The van der Waals surface area contributed by atoms with Gasteiger partial charge in [0.1, 0.15) is 0 Å². The van der Waals surface area contributed by atoms with Crippen LogP contribution in [0.25, 0.3) is 0 Å². The monoisotopic (exact) mass is 185 g/mol. The van der Waals surface area contributed by atoms with E-state index in [0.29, 0.717) is 11.4 Å². The smallest absolute Gasteiger partial charge is 0.0456 e. The quantitative estimate of drug-likeness (QED) is 0.528. The predicted molar refractivity (Wildman–Crippen MR) is 48.1 cm³/mol. The second-order valence-corrected chi connectivity index (χ2v) is 3.08. The van der Waals surface area contributed by atoms with E-state index in [4.69, 9.17) is 5.73 Å². The van der Waals surface area contributed by atoms with Crippen molar-refractivity contribution in [1.82, 2.24) is 0 Å². The third-order valence-corrected chi connectivity index (χ3v) is 1.87. The second kappa shape index (κ2) is 3.55. The van der Waals surface area contributed by atoms with Gasteiger partial charge in [0, 0.05) is 22.6 Å². The van der Waals surface area contributed by atoms with Crippen LogP contribution in [0, 0.1) is 6.92 Å². The summed E-state index contributed by atoms with van der Waals surface area (Å²) in [6.45, 7) is 1.81. The molecular weight excluding hydrogens is 176 g/mol. The highest BCUT2D eigenvalue weighted by molar-refractivity contribution is 7.80. The molecule has 0 fully saturated rings. The molecule has 1 unspecified atom stereocenters. The van der Waals surface area contributed by atoms with Crippen LogP contribution in [0.1, 0.15) is 5.56 Å². The Morgan fingerprint density at radius 2 is 2.25 bits per heavy atom. The fourth-order valence-electron chi connectivity index (χ4n) is 0.835. The molecule has 0 aromatic heterocycles. The molecule has 0 saturated carbocycles. The van der Waals surface area contributed by atoms with E-state index >= 15 is 0 Å². The molecule has 0 spiro atoms. The molecule has 1 aromatic rings. The zero-order valence-corrected chi connectivity index (χ0v) is 7.35. The summed E-state index contributed by atoms with van der Waals surface area (Å²) < 4.78 is 22.7. The number of nitrogen functional groups attached to an aromatic ring is 1. The minimum Gasteiger partial charge on any atom is -0.755 e. The summed E-state index contributed by atoms with van der Waals surface area (Å²) in [5, 5.41) is 0. The summed E-state index contributed by atoms with van der Waals surface area (Å²) in [5.41, 5.74) is 7.56. The molecule has 3 N–H and O–H groups in total. The van der Waals surface area contributed by atoms with Gasteiger partial charge in [-0.15, -0.1) is 0 Å². The molecule has 5 heteroatoms. The van der Waals surface area contributed by atoms with Crippen LogP contribution in [-0.2, 0) is 11.3 Å². The normalized spacial score (nSPS) is 12.5. The lowest BCUT2D eigenvalue weighted by molar-refractivity contribution is 0.542. The second-order valence-electron chi connectivity index (χ2n) is 2.41. The highest BCUT2D eigenvalue weighted by Gasteiger charge is 1.94. The van der Waals surface area contributed by atoms with E-state index < -0.39 is 11.3 Å². The molecule has 0 aliphatic rings. The highest BCUT2D eigenvalue weighted by Crippen LogP contribution is 2.16. The molecule has 12 heavy (non-hydrogen) atoms. The number of benzene rings is 1. The van der Waals surface area contributed by atoms with Crippen LogP contribution in [-0.4, -0.2) is 8.76 Å². The van der Waals surface area contributed by atoms with Gasteiger partial charge in [0.2, 0.25) is 0 Å². The van der Waals surface area contributed by atoms with Crippen LogP contribution in [0.15, 0.2) is 18.2 Å². The number of hydrogen-bond acceptors (Lipinski definition) is 3. The Labute approximate surface area is 73.2 Å². The fourth-order valence-corrected chi connectivity index (χ4v) is 1.15. The van der Waals surface area contributed by atoms with E-state index in [-0.39, 0.29) is 0 Å². The summed E-state index contributed by atoms with van der Waals surface area (Å²) in [6, 6.07) is 4.94. The van der Waals surface area contributed by atoms with Crippen molar-refractivity contribution in [1.29, 1.82) is 0 Å². The van der Waals surface area contributed by atoms with Gasteiger partial charge in [-0.25, -0.2) is 0 Å². The molecule has 1 aromatic carbocycles. The molecule has 0 saturated heterocycles. The van der Waals surface area contributed by atoms with E-state index in [2.05, 4.69) is 4.72 Å². The van der Waals surface area contributed by atoms with E-state index in [0.717, 1.165) is 5.56 Å². The first-order valence-electron chi connectivity index (χ1n) is 3.31. The largest absolute Gasteiger partial charge is 0.755 e. The van der Waals surface area contributed by atoms with Crippen molar-refractivity contribution in [3.05, 3.63) is 23.8 Å². The van der Waals surface area contributed by atoms with Gasteiger partial charge >= 0.3 is 0 Å². The number of nitrogens with one attached hydrogen (secondary N) is 1. The first-order chi connectivity index (χ1) is 5.59. The van der Waals surface area contributed by atoms with Gasteiger partial charge in [-0.05, 0) is 30.7 Å². The summed E-state index contributed by atoms with van der Waals surface area (Å²) >= 11 is -2.27. The van der Waals surface area contributed by atoms with Crippen LogP contribution in [0.4, 0.5) is 11.4 Å². The van der Waals surface area contributed by atoms with E-state index in [1.807, 2.05) is 6.92 Å². The van der Waals surface area contributed by atoms with Gasteiger partial charge in [-0.3, -0.25) is 4.21 Å². The standard InChI is InChI=1S/C7H10N2O2S/c1-5-4-6(9-12(10)11)2-3-7(5)8/h2-4,9H,8H2,1H3,(H,10,11)/p-1. The van der Waals surface area contributed by atoms with Gasteiger partial charge < -0.3 is 15.0 Å². The summed E-state index contributed by atoms with van der Waals surface area (Å²) in [6.07, 6.45) is 0. The van der Waals surface area contributed by atoms with E-state index in [1.165, 1.54) is 0 Å². The van der Waals surface area contributed by atoms with Gasteiger partial charge in [0.25, 0.3) is 0 Å². The van der Waals surface area contributed by atoms with E-state index in [9.17, 15) is 8.76 Å². The number of hydrogen-bond donors (Lipinski definition) is 2. The number of rotatable bonds is 2. The Bertz CT molecular complexity index is 314. The number of nitrogens with two attached hydrogens (primary N) is 1. The maximum atomic E-state index is 10.2. The fraction of sp³-hybridized carbons (Fsp3) is 0.143. The zero-order valence-electron chi connectivity index (χ0n) is 6.53. The highest BCUT2D eigenvalue weighted by atomic mass is 32.2. The van der Waals surface area contributed by atoms with Crippen molar-refractivity contribution in [3.63, 3.8) is 0 Å². The zero-order chi connectivity index (χ0) is 9.14. The van der Waals surface area contributed by atoms with Gasteiger partial charge in [-0.2, -0.15) is 0 Å². The van der Waals surface area contributed by atoms with Gasteiger partial charge in [0.15, 0.2) is 0 Å². The van der Waals surface area contributed by atoms with Crippen LogP contribution in [0.2, 0.25) is 0 Å². The SMILES string of the molecule is Cc1cc(NS(=O)[O-])ccc1N. The van der Waals surface area contributed by atoms with E-state index in [1.54, 1.807) is 18.2 Å². The molecule has 66 valence electrons. The Hall–Kier alpha value is -1.07. The van der Waals surface area contributed by atoms with Crippen LogP contribution < -0.4 is 10.5 Å². The molecule has 0 bridgehead atoms. The first kappa shape index (κ1) is 9.02. The summed E-state index contributed by atoms with van der Waals surface area (Å²) in [4.78, 5) is 0. The third kappa shape index (κ3) is 2.21. The molecule has 4 nitrogen and oxygen atoms in total. The summed E-state index contributed by atoms with van der Waals surface area (Å²) in [7, 11) is 0. The van der Waals surface area contributed by atoms with Crippen molar-refractivity contribution in [2.45, 2.75) is 6.92 Å². The van der Waals surface area contributed by atoms with Crippen molar-refractivity contribution < 1.29 is 8.76 Å². The molecule has 0 amide bonds. The minimum atomic E-state index is -2.27. The first-order valence-corrected chi connectivity index (χ1v) is 4.39. The lowest BCUT2D eigenvalue weighted by Crippen LogP contribution is -2.02. The summed E-state index contributed by atoms with van der Waals surface area (Å²) in [5.74, 6) is 0. The maximum absolute atomic E-state index is 10.2. The molecular formula is C7H9N2O2S-. The molecule has 0 heterocycles. The molecule has 0 aliphatic heterocycles. The Morgan fingerprint density at radius 3 is 2.75 bits per heavy atom. The molecule has 0 aliphatic carbocycles. The minimum absolute atomic E-state index is 0.523. The number of aryl methyl sites for hydroxylation is 1. The lowest BCUT2D eigenvalue weighted by Gasteiger charge is -2.09. The van der Waals surface area contributed by atoms with Gasteiger partial charge in [-0.1, -0.05) is 0 Å². The van der Waals surface area contributed by atoms with Crippen molar-refractivity contribution in [2.75, 3.05) is 10.5 Å². The molecule has 0 radical (unpaired) electrons. The average molecular weight is 185 g/mol. The Balaban J connectivity index is 2.89. The third-order valence-electron chi connectivity index (χ3n) is 1.47. The Morgan fingerprint density at radius 1 is 1.58 bits per heavy atom. The average Bonchev–Trinajstić information content (AvgIpc) is 1.96. The van der Waals surface area contributed by atoms with Gasteiger partial charge in [0.05, 0.1) is 0 Å². The maximum Gasteiger partial charge on any atom is 0.0456 e. The topological polar surface area (TPSA) is 78.2 Å². The van der Waals surface area contributed by atoms with Crippen molar-refractivity contribution in [3.8, 4) is 0 Å². The van der Waals surface area contributed by atoms with Crippen molar-refractivity contribution in [2.24, 2.45) is 0 Å². The van der Waals surface area contributed by atoms with Crippen LogP contribution in [0.5, 0.6) is 0 Å². The van der Waals surface area contributed by atoms with Crippen LogP contribution in [0.3, 0.4) is 0 Å². The molecule has 1 rings (SSSR count). The predicted octanol–water partition coefficient (Wildman–Crippen LogP) is 0.783. The van der Waals surface area contributed by atoms with Crippen LogP contribution >= 0.6 is 0 Å².